The van der Waals surface area contributed by atoms with Crippen molar-refractivity contribution in [3.8, 4) is 0 Å². The molecule has 3 unspecified atom stereocenters. The second-order valence-corrected chi connectivity index (χ2v) is 7.65. The molecule has 0 aliphatic carbocycles. The average Bonchev–Trinajstić information content (AvgIpc) is 2.45. The molecule has 1 fully saturated rings. The Balaban J connectivity index is 0.00000242. The van der Waals surface area contributed by atoms with Crippen molar-refractivity contribution in [3.63, 3.8) is 0 Å². The Bertz CT molecular complexity index is 516. The third-order valence-corrected chi connectivity index (χ3v) is 5.52. The zero-order valence-corrected chi connectivity index (χ0v) is 15.7. The first kappa shape index (κ1) is 19.9. The predicted molar refractivity (Wildman–Crippen MR) is 97.6 cm³/mol. The summed E-state index contributed by atoms with van der Waals surface area (Å²) in [5, 5.41) is 7.52. The van der Waals surface area contributed by atoms with Crippen LogP contribution in [0.1, 0.15) is 20.3 Å². The molecule has 1 saturated heterocycles. The van der Waals surface area contributed by atoms with Gasteiger partial charge >= 0.3 is 0 Å². The van der Waals surface area contributed by atoms with Crippen molar-refractivity contribution in [2.24, 2.45) is 5.92 Å². The van der Waals surface area contributed by atoms with Gasteiger partial charge in [-0.15, -0.1) is 24.2 Å². The number of carbonyl (C=O) groups is 1. The van der Waals surface area contributed by atoms with Crippen LogP contribution in [0.2, 0.25) is 10.0 Å². The molecule has 124 valence electrons. The maximum Gasteiger partial charge on any atom is 0.233 e. The number of hydrogen-bond donors (Lipinski definition) is 2. The highest BCUT2D eigenvalue weighted by Crippen LogP contribution is 2.32. The molecule has 0 saturated carbocycles. The molecule has 1 heterocycles. The fourth-order valence-electron chi connectivity index (χ4n) is 2.34. The van der Waals surface area contributed by atoms with Crippen LogP contribution in [0.5, 0.6) is 0 Å². The normalized spacial score (nSPS) is 22.5. The van der Waals surface area contributed by atoms with Gasteiger partial charge in [0.1, 0.15) is 0 Å². The molecule has 3 nitrogen and oxygen atoms in total. The molecule has 0 bridgehead atoms. The van der Waals surface area contributed by atoms with Crippen LogP contribution in [0, 0.1) is 5.92 Å². The Morgan fingerprint density at radius 1 is 1.45 bits per heavy atom. The summed E-state index contributed by atoms with van der Waals surface area (Å²) in [4.78, 5) is 13.2. The van der Waals surface area contributed by atoms with Crippen LogP contribution in [0.25, 0.3) is 0 Å². The fraction of sp³-hybridized carbons (Fsp3) is 0.533. The van der Waals surface area contributed by atoms with E-state index in [1.807, 2.05) is 6.92 Å². The van der Waals surface area contributed by atoms with Gasteiger partial charge in [0.15, 0.2) is 0 Å². The summed E-state index contributed by atoms with van der Waals surface area (Å²) in [6, 6.07) is 5.55. The minimum Gasteiger partial charge on any atom is -0.352 e. The first-order valence-corrected chi connectivity index (χ1v) is 8.73. The molecule has 2 rings (SSSR count). The highest BCUT2D eigenvalue weighted by atomic mass is 35.5. The number of amides is 1. The molecule has 7 heteroatoms. The Labute approximate surface area is 152 Å². The highest BCUT2D eigenvalue weighted by Gasteiger charge is 2.25. The van der Waals surface area contributed by atoms with Gasteiger partial charge in [0.25, 0.3) is 0 Å². The van der Waals surface area contributed by atoms with Crippen LogP contribution in [0.4, 0.5) is 0 Å². The van der Waals surface area contributed by atoms with Gasteiger partial charge in [0, 0.05) is 16.0 Å². The van der Waals surface area contributed by atoms with Crippen molar-refractivity contribution in [3.05, 3.63) is 28.2 Å². The molecule has 0 radical (unpaired) electrons. The predicted octanol–water partition coefficient (Wildman–Crippen LogP) is 4.01. The smallest absolute Gasteiger partial charge is 0.233 e. The van der Waals surface area contributed by atoms with E-state index >= 15 is 0 Å². The van der Waals surface area contributed by atoms with Gasteiger partial charge in [-0.3, -0.25) is 4.79 Å². The van der Waals surface area contributed by atoms with E-state index in [-0.39, 0.29) is 29.6 Å². The SMILES string of the molecule is CC(Sc1cc(Cl)ccc1Cl)C(=O)NC1CCNCC1C.Cl. The van der Waals surface area contributed by atoms with Crippen LogP contribution in [-0.2, 0) is 4.79 Å². The second kappa shape index (κ2) is 9.24. The molecular weight excluding hydrogens is 363 g/mol. The van der Waals surface area contributed by atoms with Gasteiger partial charge in [-0.25, -0.2) is 0 Å². The van der Waals surface area contributed by atoms with Crippen molar-refractivity contribution >= 4 is 53.3 Å². The van der Waals surface area contributed by atoms with E-state index in [9.17, 15) is 4.79 Å². The molecule has 2 N–H and O–H groups in total. The van der Waals surface area contributed by atoms with E-state index in [0.717, 1.165) is 24.4 Å². The van der Waals surface area contributed by atoms with Crippen LogP contribution in [0.3, 0.4) is 0 Å². The standard InChI is InChI=1S/C15H20Cl2N2OS.ClH/c1-9-8-18-6-5-13(9)19-15(20)10(2)21-14-7-11(16)3-4-12(14)17;/h3-4,7,9-10,13,18H,5-6,8H2,1-2H3,(H,19,20);1H. The zero-order valence-electron chi connectivity index (χ0n) is 12.6. The number of hydrogen-bond acceptors (Lipinski definition) is 3. The number of rotatable bonds is 4. The lowest BCUT2D eigenvalue weighted by Crippen LogP contribution is -2.50. The van der Waals surface area contributed by atoms with Crippen molar-refractivity contribution in [2.45, 2.75) is 36.5 Å². The summed E-state index contributed by atoms with van der Waals surface area (Å²) < 4.78 is 0. The van der Waals surface area contributed by atoms with Crippen molar-refractivity contribution < 1.29 is 4.79 Å². The summed E-state index contributed by atoms with van der Waals surface area (Å²) in [6.07, 6.45) is 0.974. The Morgan fingerprint density at radius 2 is 2.18 bits per heavy atom. The van der Waals surface area contributed by atoms with Crippen molar-refractivity contribution in [1.29, 1.82) is 0 Å². The van der Waals surface area contributed by atoms with Gasteiger partial charge in [-0.1, -0.05) is 30.1 Å². The van der Waals surface area contributed by atoms with E-state index < -0.39 is 0 Å². The lowest BCUT2D eigenvalue weighted by Gasteiger charge is -2.31. The quantitative estimate of drug-likeness (QED) is 0.772. The molecule has 1 aromatic rings. The number of nitrogens with one attached hydrogen (secondary N) is 2. The van der Waals surface area contributed by atoms with Crippen LogP contribution in [-0.4, -0.2) is 30.3 Å². The molecule has 1 aliphatic heterocycles. The van der Waals surface area contributed by atoms with E-state index in [2.05, 4.69) is 17.6 Å². The third kappa shape index (κ3) is 5.50. The molecule has 3 atom stereocenters. The fourth-order valence-corrected chi connectivity index (χ4v) is 3.76. The molecular formula is C15H21Cl3N2OS. The summed E-state index contributed by atoms with van der Waals surface area (Å²) in [5.41, 5.74) is 0. The topological polar surface area (TPSA) is 41.1 Å². The minimum absolute atomic E-state index is 0. The van der Waals surface area contributed by atoms with E-state index in [4.69, 9.17) is 23.2 Å². The number of benzene rings is 1. The van der Waals surface area contributed by atoms with Crippen molar-refractivity contribution in [1.82, 2.24) is 10.6 Å². The summed E-state index contributed by atoms with van der Waals surface area (Å²) in [6.45, 7) is 5.95. The van der Waals surface area contributed by atoms with Gasteiger partial charge in [-0.2, -0.15) is 0 Å². The molecule has 0 aromatic heterocycles. The first-order chi connectivity index (χ1) is 9.97. The Kier molecular flexibility index (Phi) is 8.36. The van der Waals surface area contributed by atoms with Gasteiger partial charge in [-0.05, 0) is 50.6 Å². The summed E-state index contributed by atoms with van der Waals surface area (Å²) >= 11 is 13.6. The van der Waals surface area contributed by atoms with Crippen molar-refractivity contribution in [2.75, 3.05) is 13.1 Å². The maximum absolute atomic E-state index is 12.3. The van der Waals surface area contributed by atoms with Gasteiger partial charge < -0.3 is 10.6 Å². The average molecular weight is 384 g/mol. The first-order valence-electron chi connectivity index (χ1n) is 7.10. The van der Waals surface area contributed by atoms with Gasteiger partial charge in [0.2, 0.25) is 5.91 Å². The van der Waals surface area contributed by atoms with E-state index in [0.29, 0.717) is 16.0 Å². The minimum atomic E-state index is -0.206. The maximum atomic E-state index is 12.3. The van der Waals surface area contributed by atoms with Gasteiger partial charge in [0.05, 0.1) is 10.3 Å². The lowest BCUT2D eigenvalue weighted by atomic mass is 9.95. The summed E-state index contributed by atoms with van der Waals surface area (Å²) in [5.74, 6) is 0.504. The number of thioether (sulfide) groups is 1. The number of piperidine rings is 1. The molecule has 1 amide bonds. The summed E-state index contributed by atoms with van der Waals surface area (Å²) in [7, 11) is 0. The lowest BCUT2D eigenvalue weighted by molar-refractivity contribution is -0.121. The Hall–Kier alpha value is -0.130. The molecule has 1 aromatic carbocycles. The molecule has 1 aliphatic rings. The highest BCUT2D eigenvalue weighted by molar-refractivity contribution is 8.00. The van der Waals surface area contributed by atoms with E-state index in [1.54, 1.807) is 18.2 Å². The van der Waals surface area contributed by atoms with Crippen LogP contribution in [0.15, 0.2) is 23.1 Å². The Morgan fingerprint density at radius 3 is 2.86 bits per heavy atom. The molecule has 0 spiro atoms. The number of carbonyl (C=O) groups excluding carboxylic acids is 1. The molecule has 22 heavy (non-hydrogen) atoms. The third-order valence-electron chi connectivity index (χ3n) is 3.68. The van der Waals surface area contributed by atoms with Crippen LogP contribution >= 0.6 is 47.4 Å². The van der Waals surface area contributed by atoms with Crippen LogP contribution < -0.4 is 10.6 Å². The second-order valence-electron chi connectivity index (χ2n) is 5.42. The largest absolute Gasteiger partial charge is 0.352 e. The zero-order chi connectivity index (χ0) is 15.4. The van der Waals surface area contributed by atoms with E-state index in [1.165, 1.54) is 11.8 Å². The number of halogens is 3. The monoisotopic (exact) mass is 382 g/mol.